The van der Waals surface area contributed by atoms with Crippen LogP contribution in [0.2, 0.25) is 0 Å². The van der Waals surface area contributed by atoms with E-state index in [2.05, 4.69) is 16.7 Å². The summed E-state index contributed by atoms with van der Waals surface area (Å²) in [6, 6.07) is 13.0. The topological polar surface area (TPSA) is 67.4 Å². The zero-order valence-electron chi connectivity index (χ0n) is 15.8. The van der Waals surface area contributed by atoms with Crippen LogP contribution in [0.5, 0.6) is 5.75 Å². The van der Waals surface area contributed by atoms with Gasteiger partial charge >= 0.3 is 0 Å². The second-order valence-electron chi connectivity index (χ2n) is 6.26. The van der Waals surface area contributed by atoms with E-state index >= 15 is 0 Å². The maximum Gasteiger partial charge on any atom is 0.255 e. The van der Waals surface area contributed by atoms with Gasteiger partial charge in [0.25, 0.3) is 5.91 Å². The van der Waals surface area contributed by atoms with E-state index in [1.54, 1.807) is 24.3 Å². The fraction of sp³-hybridized carbons (Fsp3) is 0.333. The molecule has 0 saturated heterocycles. The Morgan fingerprint density at radius 3 is 2.58 bits per heavy atom. The highest BCUT2D eigenvalue weighted by Gasteiger charge is 2.15. The first-order chi connectivity index (χ1) is 12.4. The highest BCUT2D eigenvalue weighted by atomic mass is 16.5. The lowest BCUT2D eigenvalue weighted by Gasteiger charge is -2.18. The standard InChI is InChI=1S/C21H26N2O3/c1-5-26-19-9-7-6-8-17(19)21(25)22-13-20(24)23-16(4)18-12-14(2)10-11-15(18)3/h6-12,16H,5,13H2,1-4H3,(H,22,25)(H,23,24). The van der Waals surface area contributed by atoms with Gasteiger partial charge in [0.15, 0.2) is 0 Å². The molecule has 138 valence electrons. The van der Waals surface area contributed by atoms with Gasteiger partial charge in [0.2, 0.25) is 5.91 Å². The van der Waals surface area contributed by atoms with Crippen LogP contribution in [0.4, 0.5) is 0 Å². The number of carbonyl (C=O) groups is 2. The number of hydrogen-bond acceptors (Lipinski definition) is 3. The zero-order chi connectivity index (χ0) is 19.1. The molecule has 0 radical (unpaired) electrons. The molecule has 0 aromatic heterocycles. The average molecular weight is 354 g/mol. The van der Waals surface area contributed by atoms with Crippen LogP contribution in [0, 0.1) is 13.8 Å². The molecule has 2 N–H and O–H groups in total. The molecule has 2 amide bonds. The van der Waals surface area contributed by atoms with Crippen molar-refractivity contribution < 1.29 is 14.3 Å². The van der Waals surface area contributed by atoms with Crippen molar-refractivity contribution >= 4 is 11.8 Å². The fourth-order valence-electron chi connectivity index (χ4n) is 2.79. The lowest BCUT2D eigenvalue weighted by molar-refractivity contribution is -0.120. The molecule has 2 aromatic rings. The van der Waals surface area contributed by atoms with Gasteiger partial charge in [-0.1, -0.05) is 35.9 Å². The number of ether oxygens (including phenoxy) is 1. The van der Waals surface area contributed by atoms with Crippen molar-refractivity contribution in [1.82, 2.24) is 10.6 Å². The molecular formula is C21H26N2O3. The monoisotopic (exact) mass is 354 g/mol. The maximum absolute atomic E-state index is 12.3. The molecule has 0 heterocycles. The van der Waals surface area contributed by atoms with Crippen molar-refractivity contribution in [3.05, 3.63) is 64.7 Å². The third kappa shape index (κ3) is 5.09. The van der Waals surface area contributed by atoms with Gasteiger partial charge in [0.05, 0.1) is 24.8 Å². The number of nitrogens with one attached hydrogen (secondary N) is 2. The van der Waals surface area contributed by atoms with E-state index in [1.807, 2.05) is 39.8 Å². The van der Waals surface area contributed by atoms with Gasteiger partial charge in [-0.25, -0.2) is 0 Å². The van der Waals surface area contributed by atoms with Crippen LogP contribution >= 0.6 is 0 Å². The van der Waals surface area contributed by atoms with Crippen LogP contribution in [0.1, 0.15) is 46.9 Å². The fourth-order valence-corrected chi connectivity index (χ4v) is 2.79. The van der Waals surface area contributed by atoms with Crippen LogP contribution in [0.3, 0.4) is 0 Å². The van der Waals surface area contributed by atoms with Gasteiger partial charge < -0.3 is 15.4 Å². The van der Waals surface area contributed by atoms with Crippen LogP contribution in [-0.4, -0.2) is 25.0 Å². The Balaban J connectivity index is 1.94. The molecular weight excluding hydrogens is 328 g/mol. The molecule has 1 atom stereocenters. The van der Waals surface area contributed by atoms with Crippen LogP contribution in [0.25, 0.3) is 0 Å². The van der Waals surface area contributed by atoms with E-state index in [-0.39, 0.29) is 24.4 Å². The number of aryl methyl sites for hydroxylation is 2. The predicted molar refractivity (Wildman–Crippen MR) is 102 cm³/mol. The third-order valence-corrected chi connectivity index (χ3v) is 4.12. The van der Waals surface area contributed by atoms with Crippen LogP contribution in [-0.2, 0) is 4.79 Å². The molecule has 0 fully saturated rings. The summed E-state index contributed by atoms with van der Waals surface area (Å²) in [6.45, 7) is 8.21. The first-order valence-corrected chi connectivity index (χ1v) is 8.79. The number of hydrogen-bond donors (Lipinski definition) is 2. The van der Waals surface area contributed by atoms with Gasteiger partial charge in [-0.05, 0) is 51.0 Å². The number of amides is 2. The Kier molecular flexibility index (Phi) is 6.78. The van der Waals surface area contributed by atoms with E-state index in [4.69, 9.17) is 4.74 Å². The smallest absolute Gasteiger partial charge is 0.255 e. The predicted octanol–water partition coefficient (Wildman–Crippen LogP) is 3.31. The largest absolute Gasteiger partial charge is 0.493 e. The highest BCUT2D eigenvalue weighted by Crippen LogP contribution is 2.19. The molecule has 0 aliphatic carbocycles. The Hall–Kier alpha value is -2.82. The highest BCUT2D eigenvalue weighted by molar-refractivity contribution is 5.98. The van der Waals surface area contributed by atoms with E-state index in [1.165, 1.54) is 0 Å². The summed E-state index contributed by atoms with van der Waals surface area (Å²) in [6.07, 6.45) is 0. The Morgan fingerprint density at radius 2 is 1.85 bits per heavy atom. The van der Waals surface area contributed by atoms with Crippen molar-refractivity contribution in [1.29, 1.82) is 0 Å². The lowest BCUT2D eigenvalue weighted by atomic mass is 10.00. The summed E-state index contributed by atoms with van der Waals surface area (Å²) < 4.78 is 5.45. The third-order valence-electron chi connectivity index (χ3n) is 4.12. The summed E-state index contributed by atoms with van der Waals surface area (Å²) >= 11 is 0. The normalized spacial score (nSPS) is 11.5. The molecule has 2 rings (SSSR count). The average Bonchev–Trinajstić information content (AvgIpc) is 2.62. The number of para-hydroxylation sites is 1. The van der Waals surface area contributed by atoms with Gasteiger partial charge in [-0.3, -0.25) is 9.59 Å². The van der Waals surface area contributed by atoms with Crippen molar-refractivity contribution in [3.8, 4) is 5.75 Å². The quantitative estimate of drug-likeness (QED) is 0.802. The van der Waals surface area contributed by atoms with Crippen molar-refractivity contribution in [2.45, 2.75) is 33.7 Å². The summed E-state index contributed by atoms with van der Waals surface area (Å²) in [7, 11) is 0. The Labute approximate surface area is 154 Å². The number of benzene rings is 2. The van der Waals surface area contributed by atoms with Crippen molar-refractivity contribution in [2.75, 3.05) is 13.2 Å². The Bertz CT molecular complexity index is 787. The molecule has 0 bridgehead atoms. The zero-order valence-corrected chi connectivity index (χ0v) is 15.8. The van der Waals surface area contributed by atoms with Gasteiger partial charge in [-0.2, -0.15) is 0 Å². The molecule has 5 heteroatoms. The summed E-state index contributed by atoms with van der Waals surface area (Å²) in [5, 5.41) is 5.58. The molecule has 0 aliphatic rings. The van der Waals surface area contributed by atoms with E-state index in [0.29, 0.717) is 17.9 Å². The Morgan fingerprint density at radius 1 is 1.12 bits per heavy atom. The first kappa shape index (κ1) is 19.5. The molecule has 0 aliphatic heterocycles. The summed E-state index contributed by atoms with van der Waals surface area (Å²) in [5.41, 5.74) is 3.77. The summed E-state index contributed by atoms with van der Waals surface area (Å²) in [5.74, 6) is -0.0547. The number of carbonyl (C=O) groups excluding carboxylic acids is 2. The molecule has 1 unspecified atom stereocenters. The van der Waals surface area contributed by atoms with E-state index in [0.717, 1.165) is 16.7 Å². The van der Waals surface area contributed by atoms with Gasteiger partial charge in [0.1, 0.15) is 5.75 Å². The van der Waals surface area contributed by atoms with Crippen molar-refractivity contribution in [2.24, 2.45) is 0 Å². The van der Waals surface area contributed by atoms with E-state index < -0.39 is 0 Å². The maximum atomic E-state index is 12.3. The second kappa shape index (κ2) is 9.04. The summed E-state index contributed by atoms with van der Waals surface area (Å²) in [4.78, 5) is 24.5. The van der Waals surface area contributed by atoms with Gasteiger partial charge in [0, 0.05) is 0 Å². The van der Waals surface area contributed by atoms with E-state index in [9.17, 15) is 9.59 Å². The molecule has 0 saturated carbocycles. The minimum Gasteiger partial charge on any atom is -0.493 e. The van der Waals surface area contributed by atoms with Crippen molar-refractivity contribution in [3.63, 3.8) is 0 Å². The minimum absolute atomic E-state index is 0.0888. The van der Waals surface area contributed by atoms with Gasteiger partial charge in [-0.15, -0.1) is 0 Å². The second-order valence-corrected chi connectivity index (χ2v) is 6.26. The molecule has 2 aromatic carbocycles. The SMILES string of the molecule is CCOc1ccccc1C(=O)NCC(=O)NC(C)c1cc(C)ccc1C. The minimum atomic E-state index is -0.330. The molecule has 26 heavy (non-hydrogen) atoms. The first-order valence-electron chi connectivity index (χ1n) is 8.79. The van der Waals surface area contributed by atoms with Crippen LogP contribution < -0.4 is 15.4 Å². The number of rotatable bonds is 7. The van der Waals surface area contributed by atoms with Crippen LogP contribution in [0.15, 0.2) is 42.5 Å². The molecule has 0 spiro atoms. The lowest BCUT2D eigenvalue weighted by Crippen LogP contribution is -2.38. The molecule has 5 nitrogen and oxygen atoms in total.